The van der Waals surface area contributed by atoms with Crippen LogP contribution in [0.4, 0.5) is 0 Å². The summed E-state index contributed by atoms with van der Waals surface area (Å²) in [5.74, 6) is 0. The fourth-order valence-electron chi connectivity index (χ4n) is 1.44. The number of nitrogens with zero attached hydrogens (tertiary/aromatic N) is 1. The van der Waals surface area contributed by atoms with E-state index in [1.165, 1.54) is 0 Å². The van der Waals surface area contributed by atoms with E-state index in [1.807, 2.05) is 0 Å². The molecule has 0 aliphatic carbocycles. The molecule has 1 saturated heterocycles. The smallest absolute Gasteiger partial charge is 0.387 e. The van der Waals surface area contributed by atoms with Gasteiger partial charge in [0.1, 0.15) is 18.2 Å². The monoisotopic (exact) mass is 518 g/mol. The lowest BCUT2D eigenvalue weighted by atomic mass is 10.1. The van der Waals surface area contributed by atoms with Gasteiger partial charge in [0.25, 0.3) is 5.49 Å². The molecular weight excluding hydrogens is 467 g/mol. The van der Waals surface area contributed by atoms with E-state index >= 15 is 0 Å². The Morgan fingerprint density at radius 3 is 2.72 bits per heavy atom. The lowest BCUT2D eigenvalue weighted by Gasteiger charge is -2.19. The van der Waals surface area contributed by atoms with Gasteiger partial charge in [0.2, 0.25) is 8.59 Å². The van der Waals surface area contributed by atoms with Crippen LogP contribution in [0.25, 0.3) is 0 Å². The van der Waals surface area contributed by atoms with Crippen molar-refractivity contribution in [2.24, 2.45) is 0 Å². The van der Waals surface area contributed by atoms with Crippen molar-refractivity contribution >= 4 is 23.5 Å². The van der Waals surface area contributed by atoms with Gasteiger partial charge in [-0.2, -0.15) is 13.6 Å². The Morgan fingerprint density at radius 2 is 2.10 bits per heavy atom. The summed E-state index contributed by atoms with van der Waals surface area (Å²) >= 11 is 0. The molecule has 2 unspecified atom stereocenters. The van der Waals surface area contributed by atoms with Crippen LogP contribution < -0.4 is 16.6 Å². The molecule has 0 aromatic carbocycles. The molecule has 0 spiro atoms. The number of ether oxygens (including phenoxy) is 1. The number of rotatable bonds is 14. The van der Waals surface area contributed by atoms with Gasteiger partial charge in [0.05, 0.1) is 17.5 Å². The number of aliphatic hydroxyl groups is 2. The van der Waals surface area contributed by atoms with E-state index in [4.69, 9.17) is 28.5 Å². The van der Waals surface area contributed by atoms with Crippen molar-refractivity contribution in [1.82, 2.24) is 9.54 Å². The minimum Gasteiger partial charge on any atom is -0.387 e. The highest BCUT2D eigenvalue weighted by Crippen LogP contribution is 2.66. The zero-order valence-corrected chi connectivity index (χ0v) is 15.6. The molecule has 1 fully saturated rings. The summed E-state index contributed by atoms with van der Waals surface area (Å²) in [6, 6.07) is -1.44. The summed E-state index contributed by atoms with van der Waals surface area (Å²) in [4.78, 5) is 26.0. The SMILES string of the molecule is [3H]O[C@@]1([3H])[C@@]([3H])(O[3H])[C@]([3H])(n2c([3H])c([3H])c(=[N+]([3H])[3H])n([3H])c2=O)O[C@]1([3H])C([3H])([3H])OP(=O)(O[3H])OP(=O)(O[3H])OP(=O)(O[3H])O[3H]. The molecule has 2 rings (SSSR count). The van der Waals surface area contributed by atoms with Crippen LogP contribution in [0.2, 0.25) is 4.24 Å². The number of nitrogens with two attached hydrogens (primary N) is 1. The summed E-state index contributed by atoms with van der Waals surface area (Å²) in [5.41, 5.74) is -3.40. The summed E-state index contributed by atoms with van der Waals surface area (Å²) in [5, 5.41) is 7.36. The van der Waals surface area contributed by atoms with Crippen molar-refractivity contribution < 1.29 is 82.0 Å². The molecule has 0 radical (unpaired) electrons. The number of hydrogen-bond donors (Lipinski definition) is 8. The Balaban J connectivity index is 2.87. The van der Waals surface area contributed by atoms with Crippen LogP contribution in [-0.4, -0.2) is 72.7 Å². The third-order valence-electron chi connectivity index (χ3n) is 2.33. The number of nitrogens with one attached hydrogen (secondary N) is 1. The van der Waals surface area contributed by atoms with E-state index in [9.17, 15) is 18.5 Å². The first-order chi connectivity index (χ1) is 20.8. The number of H-pyrrole nitrogens is 1. The lowest BCUT2D eigenvalue weighted by molar-refractivity contribution is -0.179. The fourth-order valence-corrected chi connectivity index (χ4v) is 4.11. The normalized spacial score (nSPS) is 47.9. The van der Waals surface area contributed by atoms with Crippen molar-refractivity contribution in [3.63, 3.8) is 0 Å². The molecule has 17 nitrogen and oxygen atoms in total. The molecular formula is C9H17N3O14P3+. The first-order valence-electron chi connectivity index (χ1n) is 14.0. The van der Waals surface area contributed by atoms with E-state index < -0.39 is 92.8 Å². The molecule has 2 heterocycles. The molecule has 166 valence electrons. The number of aromatic amines is 1. The van der Waals surface area contributed by atoms with Gasteiger partial charge in [0, 0.05) is 12.2 Å². The number of aromatic nitrogens is 2. The molecule has 6 atom stereocenters. The van der Waals surface area contributed by atoms with Gasteiger partial charge in [-0.25, -0.2) is 18.5 Å². The van der Waals surface area contributed by atoms with Gasteiger partial charge < -0.3 is 34.5 Å². The fraction of sp³-hybridized carbons (Fsp3) is 0.556. The van der Waals surface area contributed by atoms with E-state index in [0.717, 1.165) is 0 Å². The van der Waals surface area contributed by atoms with E-state index in [1.54, 1.807) is 0 Å². The van der Waals surface area contributed by atoms with Crippen molar-refractivity contribution in [3.8, 4) is 0 Å². The van der Waals surface area contributed by atoms with Gasteiger partial charge in [-0.1, -0.05) is 0 Å². The largest absolute Gasteiger partial charge is 0.490 e. The van der Waals surface area contributed by atoms with Crippen molar-refractivity contribution in [2.75, 3.05) is 6.56 Å². The molecule has 1 aromatic heterocycles. The maximum absolute atomic E-state index is 13.0. The van der Waals surface area contributed by atoms with Crippen LogP contribution >= 0.6 is 23.5 Å². The Hall–Kier alpha value is -1.03. The van der Waals surface area contributed by atoms with Crippen molar-refractivity contribution in [1.29, 1.82) is 8.59 Å². The highest BCUT2D eigenvalue weighted by molar-refractivity contribution is 7.66. The summed E-state index contributed by atoms with van der Waals surface area (Å²) in [6.45, 7) is -4.68. The van der Waals surface area contributed by atoms with Gasteiger partial charge in [-0.3, -0.25) is 14.5 Å². The number of phosphoric ester groups is 1. The quantitative estimate of drug-likeness (QED) is 0.109. The summed E-state index contributed by atoms with van der Waals surface area (Å²) in [7, 11) is -18.3. The van der Waals surface area contributed by atoms with Crippen LogP contribution in [-0.2, 0) is 31.6 Å². The molecule has 29 heavy (non-hydrogen) atoms. The average Bonchev–Trinajstić information content (AvgIpc) is 3.12. The van der Waals surface area contributed by atoms with E-state index in [0.29, 0.717) is 0 Å². The lowest BCUT2D eigenvalue weighted by Crippen LogP contribution is -2.51. The number of phosphoric acid groups is 3. The topological polar surface area (TPSA) is 273 Å². The molecule has 1 aliphatic rings. The maximum atomic E-state index is 13.0. The molecule has 1 aliphatic heterocycles. The van der Waals surface area contributed by atoms with Gasteiger partial charge in [0.15, 0.2) is 6.20 Å². The third-order valence-corrected chi connectivity index (χ3v) is 5.85. The molecule has 0 bridgehead atoms. The van der Waals surface area contributed by atoms with E-state index in [2.05, 4.69) is 42.9 Å². The first-order valence-corrected chi connectivity index (χ1v) is 10.6. The predicted molar refractivity (Wildman–Crippen MR) is 85.9 cm³/mol. The summed E-state index contributed by atoms with van der Waals surface area (Å²) in [6.07, 6.45) is -19.3. The second kappa shape index (κ2) is 8.61. The van der Waals surface area contributed by atoms with Crippen molar-refractivity contribution in [3.05, 3.63) is 28.2 Å². The molecule has 9 N–H and O–H groups in total. The highest BCUT2D eigenvalue weighted by Gasteiger charge is 2.46. The predicted octanol–water partition coefficient (Wildman–Crippen LogP) is -4.20. The van der Waals surface area contributed by atoms with Gasteiger partial charge in [-0.15, -0.1) is 0 Å². The molecule has 0 saturated carbocycles. The Bertz CT molecular complexity index is 1620. The highest BCUT2D eigenvalue weighted by atomic mass is 31.3. The second-order valence-corrected chi connectivity index (χ2v) is 8.56. The van der Waals surface area contributed by atoms with Crippen molar-refractivity contribution in [2.45, 2.75) is 24.4 Å². The zero-order chi connectivity index (χ0) is 36.1. The Kier molecular flexibility index (Phi) is 2.86. The third kappa shape index (κ3) is 6.73. The van der Waals surface area contributed by atoms with Gasteiger partial charge >= 0.3 is 33.4 Å². The Labute approximate surface area is 184 Å². The standard InChI is InChI=1S/C9H16N3O14P3/c10-5-1-2-12(9(15)11-5)8-7(14)6(13)4(24-8)3-23-28(19,20)26-29(21,22)25-27(16,17)18/h1-2,4,6-8,13-14H,3H2,(H,19,20)(H,21,22)(H2,10,11,15)(H2,16,17,18)/p+1/t4-,6-,7-,8-/m1/s1/i1T,2T,3T2,4T,6T,7T,8T,13T,14T/hT7. The maximum Gasteiger partial charge on any atom is 0.490 e. The van der Waals surface area contributed by atoms with Crippen LogP contribution in [0, 0.1) is 0 Å². The van der Waals surface area contributed by atoms with Gasteiger partial charge in [-0.05, 0) is 0 Å². The van der Waals surface area contributed by atoms with Crippen LogP contribution in [0.15, 0.2) is 17.0 Å². The molecule has 0 amide bonds. The van der Waals surface area contributed by atoms with E-state index in [-0.39, 0.29) is 0 Å². The zero-order valence-electron chi connectivity index (χ0n) is 29.9. The minimum atomic E-state index is -6.47. The summed E-state index contributed by atoms with van der Waals surface area (Å²) < 4.78 is 183. The van der Waals surface area contributed by atoms with Crippen LogP contribution in [0.1, 0.15) is 17.2 Å². The van der Waals surface area contributed by atoms with Crippen LogP contribution in [0.5, 0.6) is 0 Å². The molecule has 20 heteroatoms. The second-order valence-electron chi connectivity index (χ2n) is 4.38. The Morgan fingerprint density at radius 1 is 1.34 bits per heavy atom. The number of hydrogen-bond acceptors (Lipinski definition) is 14. The first kappa shape index (κ1) is 9.63. The molecule has 1 aromatic rings. The minimum absolute atomic E-state index is 0.518. The van der Waals surface area contributed by atoms with Crippen LogP contribution in [0.3, 0.4) is 0 Å². The average molecular weight is 518 g/mol.